The van der Waals surface area contributed by atoms with E-state index in [9.17, 15) is 9.59 Å². The lowest BCUT2D eigenvalue weighted by molar-refractivity contribution is -0.132. The van der Waals surface area contributed by atoms with Crippen molar-refractivity contribution in [3.63, 3.8) is 0 Å². The van der Waals surface area contributed by atoms with Crippen LogP contribution in [0.25, 0.3) is 0 Å². The second kappa shape index (κ2) is 10.1. The number of halogens is 1. The minimum absolute atomic E-state index is 0.0714. The quantitative estimate of drug-likeness (QED) is 0.722. The number of hydrogen-bond donors (Lipinski definition) is 1. The van der Waals surface area contributed by atoms with E-state index in [4.69, 9.17) is 16.3 Å². The van der Waals surface area contributed by atoms with Crippen LogP contribution in [0.5, 0.6) is 5.75 Å². The van der Waals surface area contributed by atoms with Gasteiger partial charge in [-0.1, -0.05) is 29.8 Å². The molecule has 2 aromatic rings. The molecule has 1 aliphatic heterocycles. The molecule has 0 saturated carbocycles. The fourth-order valence-corrected chi connectivity index (χ4v) is 3.35. The number of ether oxygens (including phenoxy) is 1. The van der Waals surface area contributed by atoms with Crippen molar-refractivity contribution >= 4 is 23.4 Å². The number of hydrogen-bond acceptors (Lipinski definition) is 4. The van der Waals surface area contributed by atoms with Crippen LogP contribution in [0.1, 0.15) is 36.2 Å². The van der Waals surface area contributed by atoms with Gasteiger partial charge in [-0.25, -0.2) is 0 Å². The SMILES string of the molecule is O=C(NC1CCN(C(=O)CCCOc2ccccc2Cl)CC1)c1ccccn1. The maximum Gasteiger partial charge on any atom is 0.270 e. The molecule has 1 fully saturated rings. The van der Waals surface area contributed by atoms with E-state index in [1.54, 1.807) is 30.5 Å². The Hall–Kier alpha value is -2.60. The van der Waals surface area contributed by atoms with Gasteiger partial charge in [0.25, 0.3) is 5.91 Å². The Bertz CT molecular complexity index is 792. The molecule has 28 heavy (non-hydrogen) atoms. The summed E-state index contributed by atoms with van der Waals surface area (Å²) in [6.45, 7) is 1.75. The Kier molecular flexibility index (Phi) is 7.25. The fraction of sp³-hybridized carbons (Fsp3) is 0.381. The van der Waals surface area contributed by atoms with Crippen molar-refractivity contribution in [2.75, 3.05) is 19.7 Å². The van der Waals surface area contributed by atoms with Crippen LogP contribution in [0.4, 0.5) is 0 Å². The smallest absolute Gasteiger partial charge is 0.270 e. The maximum absolute atomic E-state index is 12.4. The zero-order valence-corrected chi connectivity index (χ0v) is 16.4. The van der Waals surface area contributed by atoms with Crippen LogP contribution >= 0.6 is 11.6 Å². The first kappa shape index (κ1) is 20.1. The van der Waals surface area contributed by atoms with E-state index in [0.29, 0.717) is 49.0 Å². The summed E-state index contributed by atoms with van der Waals surface area (Å²) in [5.41, 5.74) is 0.416. The molecule has 2 heterocycles. The van der Waals surface area contributed by atoms with Crippen LogP contribution in [0.15, 0.2) is 48.7 Å². The molecule has 0 aliphatic carbocycles. The van der Waals surface area contributed by atoms with E-state index in [0.717, 1.165) is 12.8 Å². The van der Waals surface area contributed by atoms with Crippen molar-refractivity contribution in [2.24, 2.45) is 0 Å². The van der Waals surface area contributed by atoms with Gasteiger partial charge in [0.15, 0.2) is 0 Å². The normalized spacial score (nSPS) is 14.5. The molecule has 0 atom stereocenters. The van der Waals surface area contributed by atoms with Crippen LogP contribution in [-0.2, 0) is 4.79 Å². The zero-order valence-electron chi connectivity index (χ0n) is 15.6. The van der Waals surface area contributed by atoms with Crippen LogP contribution in [0.3, 0.4) is 0 Å². The molecule has 1 saturated heterocycles. The number of rotatable bonds is 7. The maximum atomic E-state index is 12.4. The highest BCUT2D eigenvalue weighted by molar-refractivity contribution is 6.32. The van der Waals surface area contributed by atoms with E-state index in [-0.39, 0.29) is 17.9 Å². The molecule has 7 heteroatoms. The zero-order chi connectivity index (χ0) is 19.8. The largest absolute Gasteiger partial charge is 0.492 e. The molecule has 0 radical (unpaired) electrons. The first-order valence-electron chi connectivity index (χ1n) is 9.50. The molecule has 1 aromatic carbocycles. The number of likely N-dealkylation sites (tertiary alicyclic amines) is 1. The van der Waals surface area contributed by atoms with Gasteiger partial charge in [-0.2, -0.15) is 0 Å². The van der Waals surface area contributed by atoms with Crippen LogP contribution in [0.2, 0.25) is 5.02 Å². The lowest BCUT2D eigenvalue weighted by Gasteiger charge is -2.32. The molecular formula is C21H24ClN3O3. The third-order valence-corrected chi connectivity index (χ3v) is 5.02. The Balaban J connectivity index is 1.34. The molecule has 148 valence electrons. The van der Waals surface area contributed by atoms with Gasteiger partial charge in [0.1, 0.15) is 11.4 Å². The first-order valence-corrected chi connectivity index (χ1v) is 9.88. The molecule has 0 unspecified atom stereocenters. The standard InChI is InChI=1S/C21H24ClN3O3/c22-17-6-1-2-8-19(17)28-15-5-9-20(26)25-13-10-16(11-14-25)24-21(27)18-7-3-4-12-23-18/h1-4,6-8,12,16H,5,9-11,13-15H2,(H,24,27). The second-order valence-electron chi connectivity index (χ2n) is 6.73. The number of carbonyl (C=O) groups is 2. The topological polar surface area (TPSA) is 71.5 Å². The average molecular weight is 402 g/mol. The van der Waals surface area contributed by atoms with Gasteiger partial charge in [0.2, 0.25) is 5.91 Å². The summed E-state index contributed by atoms with van der Waals surface area (Å²) in [5, 5.41) is 3.57. The lowest BCUT2D eigenvalue weighted by atomic mass is 10.0. The second-order valence-corrected chi connectivity index (χ2v) is 7.13. The number of para-hydroxylation sites is 1. The lowest BCUT2D eigenvalue weighted by Crippen LogP contribution is -2.46. The Labute approximate surface area is 169 Å². The van der Waals surface area contributed by atoms with E-state index in [1.165, 1.54) is 0 Å². The minimum Gasteiger partial charge on any atom is -0.492 e. The van der Waals surface area contributed by atoms with Crippen molar-refractivity contribution in [1.82, 2.24) is 15.2 Å². The van der Waals surface area contributed by atoms with Gasteiger partial charge in [-0.3, -0.25) is 14.6 Å². The summed E-state index contributed by atoms with van der Waals surface area (Å²) >= 11 is 6.04. The average Bonchev–Trinajstić information content (AvgIpc) is 2.73. The summed E-state index contributed by atoms with van der Waals surface area (Å²) < 4.78 is 5.62. The summed E-state index contributed by atoms with van der Waals surface area (Å²) in [7, 11) is 0. The summed E-state index contributed by atoms with van der Waals surface area (Å²) in [6.07, 6.45) is 4.18. The predicted octanol–water partition coefficient (Wildman–Crippen LogP) is 3.32. The molecule has 1 N–H and O–H groups in total. The van der Waals surface area contributed by atoms with Crippen LogP contribution < -0.4 is 10.1 Å². The summed E-state index contributed by atoms with van der Waals surface area (Å²) in [5.74, 6) is 0.598. The Morgan fingerprint density at radius 2 is 1.89 bits per heavy atom. The van der Waals surface area contributed by atoms with Crippen molar-refractivity contribution in [1.29, 1.82) is 0 Å². The van der Waals surface area contributed by atoms with Crippen molar-refractivity contribution < 1.29 is 14.3 Å². The number of benzene rings is 1. The van der Waals surface area contributed by atoms with E-state index >= 15 is 0 Å². The van der Waals surface area contributed by atoms with E-state index < -0.39 is 0 Å². The van der Waals surface area contributed by atoms with Gasteiger partial charge in [0.05, 0.1) is 11.6 Å². The molecule has 3 rings (SSSR count). The monoisotopic (exact) mass is 401 g/mol. The highest BCUT2D eigenvalue weighted by atomic mass is 35.5. The summed E-state index contributed by atoms with van der Waals surface area (Å²) in [6, 6.07) is 12.6. The fourth-order valence-electron chi connectivity index (χ4n) is 3.16. The molecule has 0 bridgehead atoms. The van der Waals surface area contributed by atoms with Gasteiger partial charge in [-0.05, 0) is 43.5 Å². The molecule has 0 spiro atoms. The molecule has 1 aliphatic rings. The van der Waals surface area contributed by atoms with E-state index in [2.05, 4.69) is 10.3 Å². The van der Waals surface area contributed by atoms with Gasteiger partial charge < -0.3 is 15.0 Å². The van der Waals surface area contributed by atoms with Crippen molar-refractivity contribution in [3.05, 3.63) is 59.4 Å². The number of nitrogens with zero attached hydrogens (tertiary/aromatic N) is 2. The molecule has 2 amide bonds. The number of pyridine rings is 1. The van der Waals surface area contributed by atoms with Crippen molar-refractivity contribution in [2.45, 2.75) is 31.7 Å². The molecule has 6 nitrogen and oxygen atoms in total. The highest BCUT2D eigenvalue weighted by Crippen LogP contribution is 2.23. The molecular weight excluding hydrogens is 378 g/mol. The Morgan fingerprint density at radius 1 is 1.14 bits per heavy atom. The first-order chi connectivity index (χ1) is 13.6. The number of nitrogens with one attached hydrogen (secondary N) is 1. The predicted molar refractivity (Wildman–Crippen MR) is 107 cm³/mol. The van der Waals surface area contributed by atoms with Crippen LogP contribution in [-0.4, -0.2) is 47.4 Å². The van der Waals surface area contributed by atoms with Gasteiger partial charge in [-0.15, -0.1) is 0 Å². The minimum atomic E-state index is -0.165. The Morgan fingerprint density at radius 3 is 2.61 bits per heavy atom. The van der Waals surface area contributed by atoms with Crippen molar-refractivity contribution in [3.8, 4) is 5.75 Å². The van der Waals surface area contributed by atoms with Gasteiger partial charge in [0, 0.05) is 31.7 Å². The number of aromatic nitrogens is 1. The highest BCUT2D eigenvalue weighted by Gasteiger charge is 2.24. The summed E-state index contributed by atoms with van der Waals surface area (Å²) in [4.78, 5) is 30.5. The van der Waals surface area contributed by atoms with Gasteiger partial charge >= 0.3 is 0 Å². The number of amides is 2. The third kappa shape index (κ3) is 5.70. The van der Waals surface area contributed by atoms with Crippen LogP contribution in [0, 0.1) is 0 Å². The third-order valence-electron chi connectivity index (χ3n) is 4.71. The molecule has 1 aromatic heterocycles. The number of piperidine rings is 1. The van der Waals surface area contributed by atoms with E-state index in [1.807, 2.05) is 23.1 Å². The number of carbonyl (C=O) groups excluding carboxylic acids is 2.